The number of nitrogens with two attached hydrogens (primary N) is 1. The van der Waals surface area contributed by atoms with Crippen molar-refractivity contribution in [3.63, 3.8) is 0 Å². The Morgan fingerprint density at radius 1 is 1.29 bits per heavy atom. The Hall–Kier alpha value is -1.31. The van der Waals surface area contributed by atoms with E-state index < -0.39 is 0 Å². The molecule has 0 unspecified atom stereocenters. The molecule has 1 aromatic carbocycles. The molecular weight excluding hydrogens is 174 g/mol. The molecule has 76 valence electrons. The summed E-state index contributed by atoms with van der Waals surface area (Å²) in [4.78, 5) is 11.7. The summed E-state index contributed by atoms with van der Waals surface area (Å²) in [5.41, 5.74) is 6.97. The van der Waals surface area contributed by atoms with Crippen molar-refractivity contribution in [1.82, 2.24) is 0 Å². The van der Waals surface area contributed by atoms with Gasteiger partial charge in [0.15, 0.2) is 5.78 Å². The molecule has 2 N–H and O–H groups in total. The molecule has 0 heterocycles. The van der Waals surface area contributed by atoms with E-state index in [9.17, 15) is 4.79 Å². The number of Topliss-reactive ketones (excluding diaryl/α,β-unsaturated/α-hetero) is 1. The molecule has 0 saturated carbocycles. The number of carbonyl (C=O) groups is 1. The molecule has 0 fully saturated rings. The molecular formula is C12H17NO. The summed E-state index contributed by atoms with van der Waals surface area (Å²) in [5.74, 6) is 0.163. The van der Waals surface area contributed by atoms with Gasteiger partial charge in [-0.05, 0) is 18.6 Å². The van der Waals surface area contributed by atoms with E-state index in [2.05, 4.69) is 6.92 Å². The molecule has 2 heteroatoms. The van der Waals surface area contributed by atoms with Crippen molar-refractivity contribution in [1.29, 1.82) is 0 Å². The maximum atomic E-state index is 11.7. The molecule has 0 amide bonds. The first-order valence-electron chi connectivity index (χ1n) is 5.13. The smallest absolute Gasteiger partial charge is 0.164 e. The van der Waals surface area contributed by atoms with Gasteiger partial charge in [-0.2, -0.15) is 0 Å². The Morgan fingerprint density at radius 3 is 2.64 bits per heavy atom. The first-order valence-corrected chi connectivity index (χ1v) is 5.13. The Kier molecular flexibility index (Phi) is 4.17. The second-order valence-electron chi connectivity index (χ2n) is 3.47. The van der Waals surface area contributed by atoms with Crippen LogP contribution in [0.4, 0.5) is 5.69 Å². The van der Waals surface area contributed by atoms with Crippen LogP contribution in [0.25, 0.3) is 0 Å². The number of ketones is 1. The normalized spacial score (nSPS) is 10.1. The first kappa shape index (κ1) is 10.8. The lowest BCUT2D eigenvalue weighted by atomic mass is 10.0. The first-order chi connectivity index (χ1) is 6.75. The zero-order chi connectivity index (χ0) is 10.4. The molecule has 14 heavy (non-hydrogen) atoms. The van der Waals surface area contributed by atoms with Gasteiger partial charge in [0.25, 0.3) is 0 Å². The maximum absolute atomic E-state index is 11.7. The number of rotatable bonds is 5. The fourth-order valence-electron chi connectivity index (χ4n) is 1.42. The predicted molar refractivity (Wildman–Crippen MR) is 59.3 cm³/mol. The zero-order valence-corrected chi connectivity index (χ0v) is 8.62. The predicted octanol–water partition coefficient (Wildman–Crippen LogP) is 3.03. The van der Waals surface area contributed by atoms with Crippen LogP contribution in [0, 0.1) is 0 Å². The molecule has 0 aromatic heterocycles. The number of para-hydroxylation sites is 1. The van der Waals surface area contributed by atoms with Crippen molar-refractivity contribution in [2.75, 3.05) is 5.73 Å². The van der Waals surface area contributed by atoms with Gasteiger partial charge in [-0.1, -0.05) is 31.9 Å². The lowest BCUT2D eigenvalue weighted by Gasteiger charge is -2.03. The number of carbonyl (C=O) groups excluding carboxylic acids is 1. The van der Waals surface area contributed by atoms with Crippen molar-refractivity contribution in [3.05, 3.63) is 29.8 Å². The number of nitrogen functional groups attached to an aromatic ring is 1. The van der Waals surface area contributed by atoms with Gasteiger partial charge in [0.05, 0.1) is 0 Å². The average Bonchev–Trinajstić information content (AvgIpc) is 2.18. The van der Waals surface area contributed by atoms with E-state index in [-0.39, 0.29) is 5.78 Å². The Morgan fingerprint density at radius 2 is 2.00 bits per heavy atom. The van der Waals surface area contributed by atoms with Crippen molar-refractivity contribution in [3.8, 4) is 0 Å². The summed E-state index contributed by atoms with van der Waals surface area (Å²) in [6, 6.07) is 7.26. The quantitative estimate of drug-likeness (QED) is 0.441. The van der Waals surface area contributed by atoms with E-state index in [1.54, 1.807) is 12.1 Å². The second kappa shape index (κ2) is 5.43. The van der Waals surface area contributed by atoms with Crippen LogP contribution in [0.1, 0.15) is 43.0 Å². The van der Waals surface area contributed by atoms with Crippen LogP contribution in [0.2, 0.25) is 0 Å². The van der Waals surface area contributed by atoms with E-state index in [0.29, 0.717) is 17.7 Å². The van der Waals surface area contributed by atoms with Crippen LogP contribution in [0.5, 0.6) is 0 Å². The summed E-state index contributed by atoms with van der Waals surface area (Å²) < 4.78 is 0. The summed E-state index contributed by atoms with van der Waals surface area (Å²) in [7, 11) is 0. The van der Waals surface area contributed by atoms with Crippen LogP contribution in [0.15, 0.2) is 24.3 Å². The van der Waals surface area contributed by atoms with Gasteiger partial charge in [-0.15, -0.1) is 0 Å². The molecule has 1 rings (SSSR count). The van der Waals surface area contributed by atoms with Gasteiger partial charge in [0, 0.05) is 17.7 Å². The third-order valence-electron chi connectivity index (χ3n) is 2.27. The summed E-state index contributed by atoms with van der Waals surface area (Å²) in [6.07, 6.45) is 3.82. The fraction of sp³-hybridized carbons (Fsp3) is 0.417. The van der Waals surface area contributed by atoms with Crippen molar-refractivity contribution >= 4 is 11.5 Å². The van der Waals surface area contributed by atoms with Gasteiger partial charge in [0.1, 0.15) is 0 Å². The van der Waals surface area contributed by atoms with E-state index in [4.69, 9.17) is 5.73 Å². The van der Waals surface area contributed by atoms with E-state index in [1.165, 1.54) is 0 Å². The van der Waals surface area contributed by atoms with Crippen molar-refractivity contribution in [2.24, 2.45) is 0 Å². The van der Waals surface area contributed by atoms with Crippen LogP contribution in [-0.2, 0) is 0 Å². The zero-order valence-electron chi connectivity index (χ0n) is 8.62. The van der Waals surface area contributed by atoms with E-state index in [0.717, 1.165) is 19.3 Å². The van der Waals surface area contributed by atoms with Crippen molar-refractivity contribution in [2.45, 2.75) is 32.6 Å². The van der Waals surface area contributed by atoms with Gasteiger partial charge in [-0.3, -0.25) is 4.79 Å². The number of benzene rings is 1. The third kappa shape index (κ3) is 2.87. The lowest BCUT2D eigenvalue weighted by Crippen LogP contribution is -2.03. The third-order valence-corrected chi connectivity index (χ3v) is 2.27. The Balaban J connectivity index is 2.56. The van der Waals surface area contributed by atoms with E-state index >= 15 is 0 Å². The van der Waals surface area contributed by atoms with Crippen molar-refractivity contribution < 1.29 is 4.79 Å². The topological polar surface area (TPSA) is 43.1 Å². The monoisotopic (exact) mass is 191 g/mol. The minimum absolute atomic E-state index is 0.163. The number of hydrogen-bond donors (Lipinski definition) is 1. The standard InChI is InChI=1S/C12H17NO/c1-2-3-4-9-12(14)10-7-5-6-8-11(10)13/h5-8H,2-4,9,13H2,1H3. The average molecular weight is 191 g/mol. The fourth-order valence-corrected chi connectivity index (χ4v) is 1.42. The Labute approximate surface area is 85.1 Å². The lowest BCUT2D eigenvalue weighted by molar-refractivity contribution is 0.0980. The molecule has 0 atom stereocenters. The minimum Gasteiger partial charge on any atom is -0.398 e. The maximum Gasteiger partial charge on any atom is 0.164 e. The van der Waals surface area contributed by atoms with Gasteiger partial charge >= 0.3 is 0 Å². The molecule has 0 bridgehead atoms. The molecule has 0 aliphatic heterocycles. The summed E-state index contributed by atoms with van der Waals surface area (Å²) >= 11 is 0. The van der Waals surface area contributed by atoms with Crippen LogP contribution < -0.4 is 5.73 Å². The van der Waals surface area contributed by atoms with Crippen LogP contribution in [0.3, 0.4) is 0 Å². The molecule has 0 aliphatic rings. The molecule has 2 nitrogen and oxygen atoms in total. The molecule has 1 aromatic rings. The van der Waals surface area contributed by atoms with Crippen LogP contribution >= 0.6 is 0 Å². The SMILES string of the molecule is CCCCCC(=O)c1ccccc1N. The molecule has 0 aliphatic carbocycles. The highest BCUT2D eigenvalue weighted by atomic mass is 16.1. The van der Waals surface area contributed by atoms with Gasteiger partial charge < -0.3 is 5.73 Å². The molecule has 0 radical (unpaired) electrons. The Bertz CT molecular complexity index is 307. The van der Waals surface area contributed by atoms with Gasteiger partial charge in [0.2, 0.25) is 0 Å². The highest BCUT2D eigenvalue weighted by Crippen LogP contribution is 2.14. The number of hydrogen-bond acceptors (Lipinski definition) is 2. The summed E-state index contributed by atoms with van der Waals surface area (Å²) in [5, 5.41) is 0. The summed E-state index contributed by atoms with van der Waals surface area (Å²) in [6.45, 7) is 2.13. The second-order valence-corrected chi connectivity index (χ2v) is 3.47. The molecule has 0 spiro atoms. The minimum atomic E-state index is 0.163. The van der Waals surface area contributed by atoms with E-state index in [1.807, 2.05) is 12.1 Å². The highest BCUT2D eigenvalue weighted by molar-refractivity contribution is 6.00. The van der Waals surface area contributed by atoms with Crippen LogP contribution in [-0.4, -0.2) is 5.78 Å². The highest BCUT2D eigenvalue weighted by Gasteiger charge is 2.07. The largest absolute Gasteiger partial charge is 0.398 e. The molecule has 0 saturated heterocycles. The number of unbranched alkanes of at least 4 members (excludes halogenated alkanes) is 2. The van der Waals surface area contributed by atoms with Gasteiger partial charge in [-0.25, -0.2) is 0 Å². The number of anilines is 1.